The molecule has 3 aliphatic carbocycles. The molecule has 3 fully saturated rings. The van der Waals surface area contributed by atoms with E-state index in [9.17, 15) is 4.79 Å². The number of ether oxygens (including phenoxy) is 1. The Balaban J connectivity index is 1.57. The second-order valence-corrected chi connectivity index (χ2v) is 13.5. The molecule has 0 saturated heterocycles. The third-order valence-electron chi connectivity index (χ3n) is 10.1. The van der Waals surface area contributed by atoms with Crippen LogP contribution < -0.4 is 0 Å². The Bertz CT molecular complexity index is 802. The van der Waals surface area contributed by atoms with Crippen LogP contribution in [0.5, 0.6) is 0 Å². The SMILES string of the molecule is C=C1CC[C@H](OC(=O)CCCCCCC)C/C1=C/C=C1/CCC[C@]2(C)[C@@H]([C@H](C)CCCC(C)C)CC[C@@H]12. The summed E-state index contributed by atoms with van der Waals surface area (Å²) in [7, 11) is 0. The van der Waals surface area contributed by atoms with Crippen LogP contribution in [0.25, 0.3) is 0 Å². The monoisotopic (exact) mass is 510 g/mol. The maximum atomic E-state index is 12.4. The smallest absolute Gasteiger partial charge is 0.306 e. The lowest BCUT2D eigenvalue weighted by atomic mass is 9.60. The van der Waals surface area contributed by atoms with E-state index in [2.05, 4.69) is 53.3 Å². The molecule has 0 amide bonds. The van der Waals surface area contributed by atoms with E-state index in [0.717, 1.165) is 55.8 Å². The molecule has 0 heterocycles. The van der Waals surface area contributed by atoms with Crippen molar-refractivity contribution in [1.82, 2.24) is 0 Å². The normalized spacial score (nSPS) is 31.2. The third-order valence-corrected chi connectivity index (χ3v) is 10.1. The number of fused-ring (bicyclic) bond motifs is 1. The van der Waals surface area contributed by atoms with Crippen LogP contribution in [0.15, 0.2) is 35.5 Å². The number of carbonyl (C=O) groups excluding carboxylic acids is 1. The van der Waals surface area contributed by atoms with E-state index in [1.807, 2.05) is 0 Å². The molecule has 0 bridgehead atoms. The van der Waals surface area contributed by atoms with Gasteiger partial charge in [0.25, 0.3) is 0 Å². The van der Waals surface area contributed by atoms with Gasteiger partial charge in [0, 0.05) is 12.8 Å². The largest absolute Gasteiger partial charge is 0.462 e. The van der Waals surface area contributed by atoms with Crippen molar-refractivity contribution in [1.29, 1.82) is 0 Å². The molecule has 3 aliphatic rings. The molecule has 0 radical (unpaired) electrons. The predicted molar refractivity (Wildman–Crippen MR) is 158 cm³/mol. The van der Waals surface area contributed by atoms with Gasteiger partial charge in [0.05, 0.1) is 0 Å². The van der Waals surface area contributed by atoms with E-state index in [-0.39, 0.29) is 12.1 Å². The number of rotatable bonds is 13. The lowest BCUT2D eigenvalue weighted by molar-refractivity contribution is -0.149. The van der Waals surface area contributed by atoms with E-state index in [1.54, 1.807) is 5.57 Å². The number of esters is 1. The molecule has 2 heteroatoms. The van der Waals surface area contributed by atoms with Crippen molar-refractivity contribution in [3.05, 3.63) is 35.5 Å². The fraction of sp³-hybridized carbons (Fsp3) is 0.800. The standard InChI is InChI=1S/C35H58O2/c1-7-8-9-10-11-17-34(36)37-31-21-18-27(4)30(25-31)20-19-29-16-13-24-35(6)32(22-23-33(29)35)28(5)15-12-14-26(2)3/h19-20,26,28,31-33H,4,7-18,21-25H2,1-3,5-6H3/b29-19-,30-20-/t28-,31+,32-,33+,35-/m1/s1. The fourth-order valence-corrected chi connectivity index (χ4v) is 7.86. The van der Waals surface area contributed by atoms with Crippen molar-refractivity contribution < 1.29 is 9.53 Å². The van der Waals surface area contributed by atoms with Crippen molar-refractivity contribution in [3.8, 4) is 0 Å². The number of unbranched alkanes of at least 4 members (excludes halogenated alkanes) is 4. The van der Waals surface area contributed by atoms with Crippen LogP contribution in [0.2, 0.25) is 0 Å². The first-order chi connectivity index (χ1) is 17.7. The minimum Gasteiger partial charge on any atom is -0.462 e. The zero-order chi connectivity index (χ0) is 26.8. The Morgan fingerprint density at radius 1 is 1.03 bits per heavy atom. The lowest BCUT2D eigenvalue weighted by Crippen LogP contribution is -2.36. The van der Waals surface area contributed by atoms with Crippen molar-refractivity contribution in [2.24, 2.45) is 29.1 Å². The Labute approximate surface area is 229 Å². The third kappa shape index (κ3) is 8.59. The van der Waals surface area contributed by atoms with Gasteiger partial charge in [-0.1, -0.05) is 109 Å². The van der Waals surface area contributed by atoms with Crippen LogP contribution in [-0.4, -0.2) is 12.1 Å². The van der Waals surface area contributed by atoms with Gasteiger partial charge in [0.15, 0.2) is 0 Å². The fourth-order valence-electron chi connectivity index (χ4n) is 7.86. The Hall–Kier alpha value is -1.31. The number of hydrogen-bond donors (Lipinski definition) is 0. The molecule has 0 spiro atoms. The van der Waals surface area contributed by atoms with Crippen LogP contribution in [0.3, 0.4) is 0 Å². The Morgan fingerprint density at radius 3 is 2.57 bits per heavy atom. The van der Waals surface area contributed by atoms with Gasteiger partial charge in [-0.2, -0.15) is 0 Å². The highest BCUT2D eigenvalue weighted by molar-refractivity contribution is 5.69. The van der Waals surface area contributed by atoms with Gasteiger partial charge >= 0.3 is 5.97 Å². The van der Waals surface area contributed by atoms with E-state index < -0.39 is 0 Å². The molecule has 0 aromatic rings. The first-order valence-corrected chi connectivity index (χ1v) is 16.0. The molecular formula is C35H58O2. The summed E-state index contributed by atoms with van der Waals surface area (Å²) in [6, 6.07) is 0. The van der Waals surface area contributed by atoms with Gasteiger partial charge in [-0.05, 0) is 86.0 Å². The quantitative estimate of drug-likeness (QED) is 0.182. The number of carbonyl (C=O) groups is 1. The van der Waals surface area contributed by atoms with Crippen molar-refractivity contribution >= 4 is 5.97 Å². The number of allylic oxidation sites excluding steroid dienone is 4. The summed E-state index contributed by atoms with van der Waals surface area (Å²) in [5.41, 5.74) is 4.70. The molecule has 210 valence electrons. The molecule has 0 unspecified atom stereocenters. The minimum atomic E-state index is -0.00530. The van der Waals surface area contributed by atoms with Crippen molar-refractivity contribution in [2.45, 2.75) is 150 Å². The summed E-state index contributed by atoms with van der Waals surface area (Å²) < 4.78 is 5.90. The second-order valence-electron chi connectivity index (χ2n) is 13.5. The summed E-state index contributed by atoms with van der Waals surface area (Å²) >= 11 is 0. The second kappa shape index (κ2) is 14.7. The van der Waals surface area contributed by atoms with Gasteiger partial charge in [0.2, 0.25) is 0 Å². The van der Waals surface area contributed by atoms with E-state index in [4.69, 9.17) is 4.74 Å². The molecular weight excluding hydrogens is 452 g/mol. The highest BCUT2D eigenvalue weighted by Gasteiger charge is 2.50. The summed E-state index contributed by atoms with van der Waals surface area (Å²) in [4.78, 5) is 12.4. The Morgan fingerprint density at radius 2 is 1.81 bits per heavy atom. The number of hydrogen-bond acceptors (Lipinski definition) is 2. The molecule has 3 rings (SSSR count). The highest BCUT2D eigenvalue weighted by Crippen LogP contribution is 2.60. The lowest BCUT2D eigenvalue weighted by Gasteiger charge is -2.44. The first-order valence-electron chi connectivity index (χ1n) is 16.0. The van der Waals surface area contributed by atoms with Crippen LogP contribution in [0, 0.1) is 29.1 Å². The highest BCUT2D eigenvalue weighted by atomic mass is 16.5. The molecule has 5 atom stereocenters. The van der Waals surface area contributed by atoms with Crippen LogP contribution in [-0.2, 0) is 9.53 Å². The molecule has 37 heavy (non-hydrogen) atoms. The summed E-state index contributed by atoms with van der Waals surface area (Å²) in [6.07, 6.45) is 24.8. The molecule has 0 aromatic carbocycles. The molecule has 3 saturated carbocycles. The average molecular weight is 511 g/mol. The van der Waals surface area contributed by atoms with E-state index in [0.29, 0.717) is 11.8 Å². The zero-order valence-electron chi connectivity index (χ0n) is 25.1. The van der Waals surface area contributed by atoms with Gasteiger partial charge in [-0.25, -0.2) is 0 Å². The summed E-state index contributed by atoms with van der Waals surface area (Å²) in [5, 5.41) is 0. The van der Waals surface area contributed by atoms with Gasteiger partial charge in [-0.15, -0.1) is 0 Å². The first kappa shape index (κ1) is 30.2. The Kier molecular flexibility index (Phi) is 12.0. The van der Waals surface area contributed by atoms with Gasteiger partial charge < -0.3 is 4.74 Å². The molecule has 0 aromatic heterocycles. The molecule has 2 nitrogen and oxygen atoms in total. The van der Waals surface area contributed by atoms with Crippen molar-refractivity contribution in [3.63, 3.8) is 0 Å². The zero-order valence-corrected chi connectivity index (χ0v) is 25.1. The minimum absolute atomic E-state index is 0.00530. The van der Waals surface area contributed by atoms with Gasteiger partial charge in [0.1, 0.15) is 6.10 Å². The maximum absolute atomic E-state index is 12.4. The molecule has 0 N–H and O–H groups in total. The summed E-state index contributed by atoms with van der Waals surface area (Å²) in [5.74, 6) is 3.27. The average Bonchev–Trinajstić information content (AvgIpc) is 3.21. The van der Waals surface area contributed by atoms with E-state index in [1.165, 1.54) is 81.8 Å². The predicted octanol–water partition coefficient (Wildman–Crippen LogP) is 10.5. The van der Waals surface area contributed by atoms with E-state index >= 15 is 0 Å². The molecule has 0 aliphatic heterocycles. The topological polar surface area (TPSA) is 26.3 Å². The maximum Gasteiger partial charge on any atom is 0.306 e. The van der Waals surface area contributed by atoms with Crippen molar-refractivity contribution in [2.75, 3.05) is 0 Å². The summed E-state index contributed by atoms with van der Waals surface area (Å²) in [6.45, 7) is 16.5. The van der Waals surface area contributed by atoms with Gasteiger partial charge in [-0.3, -0.25) is 4.79 Å². The van der Waals surface area contributed by atoms with Crippen LogP contribution >= 0.6 is 0 Å². The van der Waals surface area contributed by atoms with Crippen LogP contribution in [0.4, 0.5) is 0 Å². The van der Waals surface area contributed by atoms with Crippen LogP contribution in [0.1, 0.15) is 144 Å².